The van der Waals surface area contributed by atoms with Gasteiger partial charge in [-0.15, -0.1) is 0 Å². The molecule has 1 nitrogen and oxygen atoms in total. The van der Waals surface area contributed by atoms with Gasteiger partial charge in [-0.1, -0.05) is 46.5 Å². The summed E-state index contributed by atoms with van der Waals surface area (Å²) in [5.41, 5.74) is 6.53. The van der Waals surface area contributed by atoms with E-state index < -0.39 is 0 Å². The smallest absolute Gasteiger partial charge is 0.0318 e. The van der Waals surface area contributed by atoms with E-state index in [-0.39, 0.29) is 0 Å². The number of hydrogen-bond donors (Lipinski definition) is 1. The van der Waals surface area contributed by atoms with Crippen LogP contribution in [0.1, 0.15) is 59.3 Å². The van der Waals surface area contributed by atoms with Crippen LogP contribution in [-0.4, -0.2) is 28.0 Å². The lowest BCUT2D eigenvalue weighted by atomic mass is 9.90. The monoisotopic (exact) mass is 289 g/mol. The molecule has 1 saturated heterocycles. The van der Waals surface area contributed by atoms with Gasteiger partial charge in [0.1, 0.15) is 0 Å². The molecule has 108 valence electrons. The minimum atomic E-state index is 0.412. The van der Waals surface area contributed by atoms with Crippen molar-refractivity contribution in [3.05, 3.63) is 0 Å². The van der Waals surface area contributed by atoms with Gasteiger partial charge in [-0.2, -0.15) is 23.5 Å². The van der Waals surface area contributed by atoms with Crippen LogP contribution < -0.4 is 5.73 Å². The largest absolute Gasteiger partial charge is 0.327 e. The maximum absolute atomic E-state index is 6.53. The highest BCUT2D eigenvalue weighted by molar-refractivity contribution is 8.07. The average Bonchev–Trinajstić information content (AvgIpc) is 2.43. The highest BCUT2D eigenvalue weighted by Crippen LogP contribution is 2.36. The zero-order valence-electron chi connectivity index (χ0n) is 12.4. The Kier molecular flexibility index (Phi) is 8.86. The second-order valence-corrected chi connectivity index (χ2v) is 8.10. The Labute approximate surface area is 122 Å². The summed E-state index contributed by atoms with van der Waals surface area (Å²) in [6, 6.07) is 0.412. The fraction of sp³-hybridized carbons (Fsp3) is 1.00. The molecule has 1 rings (SSSR count). The second kappa shape index (κ2) is 9.55. The molecule has 0 aliphatic carbocycles. The molecule has 0 aromatic rings. The van der Waals surface area contributed by atoms with Crippen LogP contribution in [0.4, 0.5) is 0 Å². The molecule has 1 heterocycles. The van der Waals surface area contributed by atoms with E-state index in [4.69, 9.17) is 5.73 Å². The summed E-state index contributed by atoms with van der Waals surface area (Å²) in [5, 5.41) is 1.49. The number of rotatable bonds is 8. The van der Waals surface area contributed by atoms with Gasteiger partial charge in [0.2, 0.25) is 0 Å². The SMILES string of the molecule is CCCCC(CC)CC(N)C1SCCSC1CC. The number of hydrogen-bond acceptors (Lipinski definition) is 3. The van der Waals surface area contributed by atoms with Gasteiger partial charge in [0.15, 0.2) is 0 Å². The van der Waals surface area contributed by atoms with Crippen LogP contribution in [0.15, 0.2) is 0 Å². The summed E-state index contributed by atoms with van der Waals surface area (Å²) in [4.78, 5) is 0. The molecule has 0 saturated carbocycles. The van der Waals surface area contributed by atoms with Crippen molar-refractivity contribution in [1.82, 2.24) is 0 Å². The van der Waals surface area contributed by atoms with Crippen molar-refractivity contribution in [3.8, 4) is 0 Å². The molecule has 3 heteroatoms. The van der Waals surface area contributed by atoms with E-state index in [1.165, 1.54) is 50.0 Å². The summed E-state index contributed by atoms with van der Waals surface area (Å²) >= 11 is 4.29. The Balaban J connectivity index is 2.42. The minimum Gasteiger partial charge on any atom is -0.327 e. The van der Waals surface area contributed by atoms with Gasteiger partial charge in [-0.3, -0.25) is 0 Å². The van der Waals surface area contributed by atoms with Crippen molar-refractivity contribution >= 4 is 23.5 Å². The van der Waals surface area contributed by atoms with E-state index >= 15 is 0 Å². The molecular weight excluding hydrogens is 258 g/mol. The maximum Gasteiger partial charge on any atom is 0.0318 e. The molecule has 0 aromatic carbocycles. The van der Waals surface area contributed by atoms with Gasteiger partial charge in [0.05, 0.1) is 0 Å². The molecule has 1 aliphatic heterocycles. The van der Waals surface area contributed by atoms with Gasteiger partial charge >= 0.3 is 0 Å². The summed E-state index contributed by atoms with van der Waals surface area (Å²) in [5.74, 6) is 3.47. The quantitative estimate of drug-likeness (QED) is 0.710. The number of unbranched alkanes of at least 4 members (excludes halogenated alkanes) is 1. The molecule has 0 radical (unpaired) electrons. The summed E-state index contributed by atoms with van der Waals surface area (Å²) in [6.07, 6.45) is 7.89. The van der Waals surface area contributed by atoms with Crippen molar-refractivity contribution in [1.29, 1.82) is 0 Å². The van der Waals surface area contributed by atoms with Gasteiger partial charge in [-0.25, -0.2) is 0 Å². The van der Waals surface area contributed by atoms with E-state index in [1.54, 1.807) is 0 Å². The fourth-order valence-corrected chi connectivity index (χ4v) is 6.04. The zero-order chi connectivity index (χ0) is 13.4. The van der Waals surface area contributed by atoms with Crippen LogP contribution in [0, 0.1) is 5.92 Å². The first-order valence-corrected chi connectivity index (χ1v) is 9.81. The van der Waals surface area contributed by atoms with Crippen molar-refractivity contribution < 1.29 is 0 Å². The molecule has 1 fully saturated rings. The molecule has 1 aliphatic rings. The van der Waals surface area contributed by atoms with Gasteiger partial charge < -0.3 is 5.73 Å². The first kappa shape index (κ1) is 16.7. The summed E-state index contributed by atoms with van der Waals surface area (Å²) in [7, 11) is 0. The summed E-state index contributed by atoms with van der Waals surface area (Å²) < 4.78 is 0. The van der Waals surface area contributed by atoms with E-state index in [1.807, 2.05) is 0 Å². The Bertz CT molecular complexity index is 211. The van der Waals surface area contributed by atoms with Crippen LogP contribution in [0.2, 0.25) is 0 Å². The van der Waals surface area contributed by atoms with E-state index in [9.17, 15) is 0 Å². The normalized spacial score (nSPS) is 28.0. The third kappa shape index (κ3) is 5.34. The van der Waals surface area contributed by atoms with Crippen molar-refractivity contribution in [2.75, 3.05) is 11.5 Å². The van der Waals surface area contributed by atoms with Crippen LogP contribution >= 0.6 is 23.5 Å². The van der Waals surface area contributed by atoms with Crippen LogP contribution in [0.5, 0.6) is 0 Å². The predicted octanol–water partition coefficient (Wildman–Crippen LogP) is 4.55. The Morgan fingerprint density at radius 2 is 1.89 bits per heavy atom. The lowest BCUT2D eigenvalue weighted by molar-refractivity contribution is 0.376. The number of nitrogens with two attached hydrogens (primary N) is 1. The van der Waals surface area contributed by atoms with Crippen molar-refractivity contribution in [2.45, 2.75) is 75.8 Å². The molecule has 2 N–H and O–H groups in total. The van der Waals surface area contributed by atoms with Gasteiger partial charge in [0.25, 0.3) is 0 Å². The van der Waals surface area contributed by atoms with Crippen LogP contribution in [0.3, 0.4) is 0 Å². The van der Waals surface area contributed by atoms with E-state index in [0.717, 1.165) is 11.2 Å². The van der Waals surface area contributed by atoms with Gasteiger partial charge in [0, 0.05) is 28.0 Å². The highest BCUT2D eigenvalue weighted by atomic mass is 32.2. The molecular formula is C15H31NS2. The number of thioether (sulfide) groups is 2. The van der Waals surface area contributed by atoms with E-state index in [0.29, 0.717) is 11.3 Å². The molecule has 4 unspecified atom stereocenters. The lowest BCUT2D eigenvalue weighted by Gasteiger charge is -2.35. The Hall–Kier alpha value is 0.660. The Morgan fingerprint density at radius 3 is 2.50 bits per heavy atom. The fourth-order valence-electron chi connectivity index (χ4n) is 2.84. The first-order chi connectivity index (χ1) is 8.72. The van der Waals surface area contributed by atoms with E-state index in [2.05, 4.69) is 44.3 Å². The third-order valence-electron chi connectivity index (χ3n) is 4.07. The molecule has 0 amide bonds. The van der Waals surface area contributed by atoms with Crippen LogP contribution in [0.25, 0.3) is 0 Å². The van der Waals surface area contributed by atoms with Crippen molar-refractivity contribution in [2.24, 2.45) is 11.7 Å². The topological polar surface area (TPSA) is 26.0 Å². The minimum absolute atomic E-state index is 0.412. The first-order valence-electron chi connectivity index (χ1n) is 7.71. The molecule has 18 heavy (non-hydrogen) atoms. The zero-order valence-corrected chi connectivity index (χ0v) is 14.0. The summed E-state index contributed by atoms with van der Waals surface area (Å²) in [6.45, 7) is 6.93. The maximum atomic E-state index is 6.53. The highest BCUT2D eigenvalue weighted by Gasteiger charge is 2.30. The molecule has 0 aromatic heterocycles. The van der Waals surface area contributed by atoms with Crippen LogP contribution in [-0.2, 0) is 0 Å². The van der Waals surface area contributed by atoms with Gasteiger partial charge in [-0.05, 0) is 18.8 Å². The molecule has 0 bridgehead atoms. The second-order valence-electron chi connectivity index (χ2n) is 5.47. The predicted molar refractivity (Wildman–Crippen MR) is 88.7 cm³/mol. The standard InChI is InChI=1S/C15H31NS2/c1-4-7-8-12(5-2)11-13(16)15-14(6-3)17-9-10-18-15/h12-15H,4-11,16H2,1-3H3. The lowest BCUT2D eigenvalue weighted by Crippen LogP contribution is -2.42. The molecule has 4 atom stereocenters. The molecule has 0 spiro atoms. The Morgan fingerprint density at radius 1 is 1.17 bits per heavy atom. The van der Waals surface area contributed by atoms with Crippen molar-refractivity contribution in [3.63, 3.8) is 0 Å². The third-order valence-corrected chi connectivity index (χ3v) is 7.49. The average molecular weight is 290 g/mol.